The molecule has 0 heterocycles. The number of hydrogen-bond donors (Lipinski definition) is 1. The molecule has 1 aliphatic carbocycles. The lowest BCUT2D eigenvalue weighted by molar-refractivity contribution is -0.0360. The molecule has 1 aromatic carbocycles. The van der Waals surface area contributed by atoms with Crippen LogP contribution < -0.4 is 5.32 Å². The van der Waals surface area contributed by atoms with Gasteiger partial charge in [-0.3, -0.25) is 0 Å². The second-order valence-corrected chi connectivity index (χ2v) is 4.64. The molecule has 88 valence electrons. The van der Waals surface area contributed by atoms with Gasteiger partial charge in [0, 0.05) is 24.6 Å². The van der Waals surface area contributed by atoms with Gasteiger partial charge in [-0.15, -0.1) is 0 Å². The molecule has 1 N–H and O–H groups in total. The van der Waals surface area contributed by atoms with Gasteiger partial charge in [-0.05, 0) is 31.9 Å². The molecule has 0 bridgehead atoms. The smallest absolute Gasteiger partial charge is 0.248 e. The van der Waals surface area contributed by atoms with Gasteiger partial charge in [-0.1, -0.05) is 17.7 Å². The SMILES string of the molecule is Cc1ccc(NC2CCC(F)(F)CC2)cc1. The Balaban J connectivity index is 1.89. The Bertz CT molecular complexity index is 335. The number of anilines is 1. The molecule has 0 spiro atoms. The third kappa shape index (κ3) is 2.94. The summed E-state index contributed by atoms with van der Waals surface area (Å²) < 4.78 is 25.9. The van der Waals surface area contributed by atoms with Gasteiger partial charge < -0.3 is 5.32 Å². The van der Waals surface area contributed by atoms with Crippen molar-refractivity contribution in [1.82, 2.24) is 0 Å². The van der Waals surface area contributed by atoms with Crippen LogP contribution in [0.15, 0.2) is 24.3 Å². The van der Waals surface area contributed by atoms with E-state index in [0.717, 1.165) is 5.69 Å². The van der Waals surface area contributed by atoms with Crippen LogP contribution in [0.2, 0.25) is 0 Å². The average Bonchev–Trinajstić information content (AvgIpc) is 2.24. The summed E-state index contributed by atoms with van der Waals surface area (Å²) >= 11 is 0. The highest BCUT2D eigenvalue weighted by Crippen LogP contribution is 2.34. The summed E-state index contributed by atoms with van der Waals surface area (Å²) in [5, 5.41) is 3.31. The van der Waals surface area contributed by atoms with E-state index in [2.05, 4.69) is 5.32 Å². The number of hydrogen-bond acceptors (Lipinski definition) is 1. The zero-order valence-electron chi connectivity index (χ0n) is 9.47. The van der Waals surface area contributed by atoms with Crippen molar-refractivity contribution in [2.45, 2.75) is 44.6 Å². The Hall–Kier alpha value is -1.12. The highest BCUT2D eigenvalue weighted by Gasteiger charge is 2.34. The highest BCUT2D eigenvalue weighted by atomic mass is 19.3. The van der Waals surface area contributed by atoms with Crippen molar-refractivity contribution in [2.75, 3.05) is 5.32 Å². The molecule has 2 rings (SSSR count). The Morgan fingerprint density at radius 3 is 2.25 bits per heavy atom. The summed E-state index contributed by atoms with van der Waals surface area (Å²) in [6, 6.07) is 8.26. The predicted octanol–water partition coefficient (Wildman–Crippen LogP) is 3.98. The van der Waals surface area contributed by atoms with Crippen molar-refractivity contribution >= 4 is 5.69 Å². The quantitative estimate of drug-likeness (QED) is 0.802. The van der Waals surface area contributed by atoms with Crippen molar-refractivity contribution in [2.24, 2.45) is 0 Å². The molecule has 0 saturated heterocycles. The van der Waals surface area contributed by atoms with E-state index in [1.807, 2.05) is 31.2 Å². The van der Waals surface area contributed by atoms with Crippen LogP contribution >= 0.6 is 0 Å². The highest BCUT2D eigenvalue weighted by molar-refractivity contribution is 5.45. The summed E-state index contributed by atoms with van der Waals surface area (Å²) in [6.45, 7) is 2.03. The van der Waals surface area contributed by atoms with Crippen molar-refractivity contribution in [1.29, 1.82) is 0 Å². The van der Waals surface area contributed by atoms with Crippen LogP contribution in [0.3, 0.4) is 0 Å². The van der Waals surface area contributed by atoms with Gasteiger partial charge in [0.2, 0.25) is 5.92 Å². The number of rotatable bonds is 2. The van der Waals surface area contributed by atoms with Gasteiger partial charge in [0.05, 0.1) is 0 Å². The Labute approximate surface area is 94.9 Å². The van der Waals surface area contributed by atoms with Crippen LogP contribution in [0.25, 0.3) is 0 Å². The molecule has 1 fully saturated rings. The average molecular weight is 225 g/mol. The fourth-order valence-electron chi connectivity index (χ4n) is 2.07. The molecule has 1 saturated carbocycles. The number of aryl methyl sites for hydroxylation is 1. The standard InChI is InChI=1S/C13H17F2N/c1-10-2-4-11(5-3-10)16-12-6-8-13(14,15)9-7-12/h2-5,12,16H,6-9H2,1H3. The summed E-state index contributed by atoms with van der Waals surface area (Å²) in [6.07, 6.45) is 1.13. The monoisotopic (exact) mass is 225 g/mol. The van der Waals surface area contributed by atoms with E-state index < -0.39 is 5.92 Å². The second kappa shape index (κ2) is 4.40. The third-order valence-corrected chi connectivity index (χ3v) is 3.14. The first-order chi connectivity index (χ1) is 7.55. The number of nitrogens with one attached hydrogen (secondary N) is 1. The van der Waals surface area contributed by atoms with E-state index in [9.17, 15) is 8.78 Å². The van der Waals surface area contributed by atoms with Crippen LogP contribution in [-0.2, 0) is 0 Å². The summed E-state index contributed by atoms with van der Waals surface area (Å²) in [4.78, 5) is 0. The molecule has 0 aliphatic heterocycles. The topological polar surface area (TPSA) is 12.0 Å². The van der Waals surface area contributed by atoms with Crippen LogP contribution in [0, 0.1) is 6.92 Å². The predicted molar refractivity (Wildman–Crippen MR) is 62.0 cm³/mol. The molecule has 1 aromatic rings. The first kappa shape index (κ1) is 11.4. The lowest BCUT2D eigenvalue weighted by atomic mass is 9.92. The summed E-state index contributed by atoms with van der Waals surface area (Å²) in [7, 11) is 0. The van der Waals surface area contributed by atoms with Crippen LogP contribution in [0.4, 0.5) is 14.5 Å². The molecular weight excluding hydrogens is 208 g/mol. The van der Waals surface area contributed by atoms with E-state index in [0.29, 0.717) is 12.8 Å². The zero-order valence-corrected chi connectivity index (χ0v) is 9.47. The van der Waals surface area contributed by atoms with Gasteiger partial charge in [-0.25, -0.2) is 8.78 Å². The number of alkyl halides is 2. The minimum atomic E-state index is -2.44. The van der Waals surface area contributed by atoms with Crippen molar-refractivity contribution in [3.63, 3.8) is 0 Å². The molecule has 16 heavy (non-hydrogen) atoms. The van der Waals surface area contributed by atoms with Gasteiger partial charge in [0.25, 0.3) is 0 Å². The lowest BCUT2D eigenvalue weighted by Crippen LogP contribution is -2.31. The van der Waals surface area contributed by atoms with Crippen molar-refractivity contribution in [3.05, 3.63) is 29.8 Å². The maximum absolute atomic E-state index is 12.9. The summed E-state index contributed by atoms with van der Waals surface area (Å²) in [5.41, 5.74) is 2.24. The maximum Gasteiger partial charge on any atom is 0.248 e. The molecule has 1 aliphatic rings. The molecule has 0 unspecified atom stereocenters. The van der Waals surface area contributed by atoms with E-state index in [-0.39, 0.29) is 18.9 Å². The van der Waals surface area contributed by atoms with Crippen molar-refractivity contribution in [3.8, 4) is 0 Å². The van der Waals surface area contributed by atoms with Gasteiger partial charge in [0.1, 0.15) is 0 Å². The second-order valence-electron chi connectivity index (χ2n) is 4.64. The first-order valence-electron chi connectivity index (χ1n) is 5.76. The summed E-state index contributed by atoms with van der Waals surface area (Å²) in [5.74, 6) is -2.44. The number of benzene rings is 1. The van der Waals surface area contributed by atoms with E-state index in [1.54, 1.807) is 0 Å². The fourth-order valence-corrected chi connectivity index (χ4v) is 2.07. The van der Waals surface area contributed by atoms with Crippen molar-refractivity contribution < 1.29 is 8.78 Å². The molecule has 0 amide bonds. The van der Waals surface area contributed by atoms with Gasteiger partial charge in [0.15, 0.2) is 0 Å². The maximum atomic E-state index is 12.9. The normalized spacial score (nSPS) is 20.7. The molecular formula is C13H17F2N. The van der Waals surface area contributed by atoms with Gasteiger partial charge >= 0.3 is 0 Å². The van der Waals surface area contributed by atoms with Crippen LogP contribution in [0.1, 0.15) is 31.2 Å². The Morgan fingerprint density at radius 2 is 1.69 bits per heavy atom. The van der Waals surface area contributed by atoms with Crippen LogP contribution in [0.5, 0.6) is 0 Å². The molecule has 0 radical (unpaired) electrons. The van der Waals surface area contributed by atoms with E-state index in [1.165, 1.54) is 5.56 Å². The largest absolute Gasteiger partial charge is 0.382 e. The molecule has 0 atom stereocenters. The number of halogens is 2. The van der Waals surface area contributed by atoms with E-state index >= 15 is 0 Å². The first-order valence-corrected chi connectivity index (χ1v) is 5.76. The molecule has 3 heteroatoms. The third-order valence-electron chi connectivity index (χ3n) is 3.14. The molecule has 1 nitrogen and oxygen atoms in total. The van der Waals surface area contributed by atoms with Gasteiger partial charge in [-0.2, -0.15) is 0 Å². The fraction of sp³-hybridized carbons (Fsp3) is 0.538. The minimum absolute atomic E-state index is 0.0104. The molecule has 0 aromatic heterocycles. The van der Waals surface area contributed by atoms with E-state index in [4.69, 9.17) is 0 Å². The Kier molecular flexibility index (Phi) is 3.13. The van der Waals surface area contributed by atoms with Crippen LogP contribution in [-0.4, -0.2) is 12.0 Å². The lowest BCUT2D eigenvalue weighted by Gasteiger charge is -2.29. The zero-order chi connectivity index (χ0) is 11.6. The Morgan fingerprint density at radius 1 is 1.12 bits per heavy atom. The minimum Gasteiger partial charge on any atom is -0.382 e.